The maximum Gasteiger partial charge on any atom is 0.222 e. The molecule has 1 aliphatic heterocycles. The molecule has 1 amide bonds. The van der Waals surface area contributed by atoms with Gasteiger partial charge in [0.25, 0.3) is 0 Å². The summed E-state index contributed by atoms with van der Waals surface area (Å²) in [4.78, 5) is 29.9. The highest BCUT2D eigenvalue weighted by molar-refractivity contribution is 6.01. The summed E-state index contributed by atoms with van der Waals surface area (Å²) in [5, 5.41) is 0.921. The van der Waals surface area contributed by atoms with E-state index in [9.17, 15) is 4.79 Å². The van der Waals surface area contributed by atoms with Crippen LogP contribution in [0.5, 0.6) is 5.75 Å². The fourth-order valence-electron chi connectivity index (χ4n) is 5.78. The minimum absolute atomic E-state index is 0.128. The lowest BCUT2D eigenvalue weighted by atomic mass is 9.96. The maximum atomic E-state index is 12.4. The third kappa shape index (κ3) is 4.79. The molecule has 0 spiro atoms. The Bertz CT molecular complexity index is 1560. The molecule has 2 atom stereocenters. The number of hydrogen-bond donors (Lipinski definition) is 0. The number of benzene rings is 2. The van der Waals surface area contributed by atoms with Crippen molar-refractivity contribution in [2.75, 3.05) is 25.1 Å². The number of amides is 1. The summed E-state index contributed by atoms with van der Waals surface area (Å²) in [5.74, 6) is 1.85. The normalized spacial score (nSPS) is 17.2. The topological polar surface area (TPSA) is 62.9 Å². The molecule has 0 saturated carbocycles. The average molecular weight is 520 g/mol. The summed E-state index contributed by atoms with van der Waals surface area (Å²) >= 11 is 0. The van der Waals surface area contributed by atoms with Gasteiger partial charge >= 0.3 is 0 Å². The van der Waals surface area contributed by atoms with E-state index in [1.165, 1.54) is 0 Å². The van der Waals surface area contributed by atoms with Gasteiger partial charge in [-0.25, -0.2) is 9.83 Å². The van der Waals surface area contributed by atoms with Gasteiger partial charge in [-0.15, -0.1) is 0 Å². The van der Waals surface area contributed by atoms with Crippen molar-refractivity contribution in [3.8, 4) is 28.0 Å². The zero-order chi connectivity index (χ0) is 27.7. The third-order valence-corrected chi connectivity index (χ3v) is 7.57. The van der Waals surface area contributed by atoms with Crippen LogP contribution in [0.1, 0.15) is 32.8 Å². The monoisotopic (exact) mass is 519 g/mol. The van der Waals surface area contributed by atoms with Crippen LogP contribution in [-0.2, 0) is 4.79 Å². The van der Waals surface area contributed by atoms with E-state index < -0.39 is 0 Å². The molecule has 7 nitrogen and oxygen atoms in total. The second kappa shape index (κ2) is 10.7. The smallest absolute Gasteiger partial charge is 0.222 e. The van der Waals surface area contributed by atoms with Gasteiger partial charge in [0.15, 0.2) is 5.69 Å². The quantitative estimate of drug-likeness (QED) is 0.276. The van der Waals surface area contributed by atoms with Gasteiger partial charge in [-0.05, 0) is 44.5 Å². The SMILES string of the molecule is [C-]#[N+]c1ccc(-c2cccc3c(OC)c(-c4ccc(N5C[C@@H](C)N(C(=O)CC)[C@@H](C)C5)nc4)cnc23)c(C)c1. The van der Waals surface area contributed by atoms with Crippen molar-refractivity contribution in [3.63, 3.8) is 0 Å². The third-order valence-electron chi connectivity index (χ3n) is 7.57. The minimum atomic E-state index is 0.128. The van der Waals surface area contributed by atoms with E-state index >= 15 is 0 Å². The molecule has 1 saturated heterocycles. The van der Waals surface area contributed by atoms with Crippen molar-refractivity contribution < 1.29 is 9.53 Å². The van der Waals surface area contributed by atoms with Crippen molar-refractivity contribution in [1.82, 2.24) is 14.9 Å². The number of carbonyl (C=O) groups excluding carboxylic acids is 1. The van der Waals surface area contributed by atoms with Gasteiger partial charge < -0.3 is 14.5 Å². The lowest BCUT2D eigenvalue weighted by molar-refractivity contribution is -0.135. The van der Waals surface area contributed by atoms with Crippen LogP contribution in [0.15, 0.2) is 60.9 Å². The number of pyridine rings is 2. The summed E-state index contributed by atoms with van der Waals surface area (Å²) in [6.45, 7) is 16.9. The molecule has 198 valence electrons. The maximum absolute atomic E-state index is 12.4. The van der Waals surface area contributed by atoms with Gasteiger partial charge in [-0.2, -0.15) is 0 Å². The number of methoxy groups -OCH3 is 1. The number of fused-ring (bicyclic) bond motifs is 1. The summed E-state index contributed by atoms with van der Waals surface area (Å²) in [5.41, 5.74) is 6.36. The highest BCUT2D eigenvalue weighted by Gasteiger charge is 2.32. The number of carbonyl (C=O) groups is 1. The zero-order valence-corrected chi connectivity index (χ0v) is 23.1. The van der Waals surface area contributed by atoms with Crippen LogP contribution < -0.4 is 9.64 Å². The molecule has 2 aromatic heterocycles. The molecule has 4 aromatic rings. The van der Waals surface area contributed by atoms with Crippen LogP contribution in [0.4, 0.5) is 11.5 Å². The summed E-state index contributed by atoms with van der Waals surface area (Å²) in [7, 11) is 1.68. The molecule has 2 aromatic carbocycles. The lowest BCUT2D eigenvalue weighted by Crippen LogP contribution is -2.58. The molecular formula is C32H33N5O2. The van der Waals surface area contributed by atoms with Gasteiger partial charge in [-0.3, -0.25) is 9.78 Å². The molecule has 0 radical (unpaired) electrons. The second-order valence-corrected chi connectivity index (χ2v) is 10.2. The molecule has 39 heavy (non-hydrogen) atoms. The number of aryl methyl sites for hydroxylation is 1. The minimum Gasteiger partial charge on any atom is -0.495 e. The van der Waals surface area contributed by atoms with Gasteiger partial charge in [0.2, 0.25) is 5.91 Å². The van der Waals surface area contributed by atoms with Crippen LogP contribution >= 0.6 is 0 Å². The van der Waals surface area contributed by atoms with Gasteiger partial charge in [-0.1, -0.05) is 42.8 Å². The molecule has 5 rings (SSSR count). The number of nitrogens with zero attached hydrogens (tertiary/aromatic N) is 5. The highest BCUT2D eigenvalue weighted by Crippen LogP contribution is 2.40. The Morgan fingerprint density at radius 3 is 2.41 bits per heavy atom. The van der Waals surface area contributed by atoms with E-state index in [-0.39, 0.29) is 18.0 Å². The van der Waals surface area contributed by atoms with E-state index in [2.05, 4.69) is 35.7 Å². The number of rotatable bonds is 5. The van der Waals surface area contributed by atoms with Crippen molar-refractivity contribution >= 4 is 28.3 Å². The van der Waals surface area contributed by atoms with Gasteiger partial charge in [0.1, 0.15) is 11.6 Å². The summed E-state index contributed by atoms with van der Waals surface area (Å²) in [6, 6.07) is 16.2. The fraction of sp³-hybridized carbons (Fsp3) is 0.312. The molecule has 1 fully saturated rings. The highest BCUT2D eigenvalue weighted by atomic mass is 16.5. The number of aromatic nitrogens is 2. The van der Waals surface area contributed by atoms with E-state index in [0.29, 0.717) is 12.1 Å². The lowest BCUT2D eigenvalue weighted by Gasteiger charge is -2.45. The Morgan fingerprint density at radius 1 is 1.03 bits per heavy atom. The first kappa shape index (κ1) is 26.2. The summed E-state index contributed by atoms with van der Waals surface area (Å²) < 4.78 is 5.93. The van der Waals surface area contributed by atoms with Crippen LogP contribution in [0.25, 0.3) is 38.0 Å². The van der Waals surface area contributed by atoms with Crippen molar-refractivity contribution in [2.24, 2.45) is 0 Å². The Hall–Kier alpha value is -4.44. The fourth-order valence-corrected chi connectivity index (χ4v) is 5.78. The van der Waals surface area contributed by atoms with Crippen molar-refractivity contribution in [2.45, 2.75) is 46.2 Å². The number of para-hydroxylation sites is 1. The standard InChI is InChI=1S/C32H33N5O2/c1-7-30(38)37-21(3)18-36(19-22(37)4)29-14-11-23(16-34-29)28-17-35-31-26(9-8-10-27(31)32(28)39-6)25-13-12-24(33-5)15-20(25)2/h8-17,21-22H,7,18-19H2,1-4,6H3/t21-,22+. The van der Waals surface area contributed by atoms with E-state index in [1.54, 1.807) is 7.11 Å². The Balaban J connectivity index is 1.47. The van der Waals surface area contributed by atoms with Crippen molar-refractivity contribution in [3.05, 3.63) is 77.9 Å². The average Bonchev–Trinajstić information content (AvgIpc) is 2.95. The molecule has 0 aliphatic carbocycles. The molecule has 1 aliphatic rings. The van der Waals surface area contributed by atoms with Crippen molar-refractivity contribution in [1.29, 1.82) is 0 Å². The predicted octanol–water partition coefficient (Wildman–Crippen LogP) is 6.67. The molecule has 0 unspecified atom stereocenters. The largest absolute Gasteiger partial charge is 0.495 e. The van der Waals surface area contributed by atoms with Crippen LogP contribution in [0.2, 0.25) is 0 Å². The van der Waals surface area contributed by atoms with E-state index in [1.807, 2.05) is 67.5 Å². The number of anilines is 1. The zero-order valence-electron chi connectivity index (χ0n) is 23.1. The first-order valence-corrected chi connectivity index (χ1v) is 13.3. The van der Waals surface area contributed by atoms with E-state index in [0.717, 1.165) is 63.4 Å². The van der Waals surface area contributed by atoms with Crippen LogP contribution in [0, 0.1) is 13.5 Å². The molecular weight excluding hydrogens is 486 g/mol. The second-order valence-electron chi connectivity index (χ2n) is 10.2. The number of ether oxygens (including phenoxy) is 1. The van der Waals surface area contributed by atoms with Gasteiger partial charge in [0, 0.05) is 66.1 Å². The first-order valence-electron chi connectivity index (χ1n) is 13.3. The van der Waals surface area contributed by atoms with Gasteiger partial charge in [0.05, 0.1) is 19.2 Å². The number of piperazine rings is 1. The molecule has 0 N–H and O–H groups in total. The Morgan fingerprint density at radius 2 is 1.79 bits per heavy atom. The predicted molar refractivity (Wildman–Crippen MR) is 156 cm³/mol. The summed E-state index contributed by atoms with van der Waals surface area (Å²) in [6.07, 6.45) is 4.25. The van der Waals surface area contributed by atoms with Crippen LogP contribution in [0.3, 0.4) is 0 Å². The van der Waals surface area contributed by atoms with Crippen LogP contribution in [-0.4, -0.2) is 53.1 Å². The molecule has 7 heteroatoms. The Labute approximate surface area is 229 Å². The Kier molecular flexibility index (Phi) is 7.21. The molecule has 0 bridgehead atoms. The van der Waals surface area contributed by atoms with E-state index in [4.69, 9.17) is 21.3 Å². The first-order chi connectivity index (χ1) is 18.9. The number of hydrogen-bond acceptors (Lipinski definition) is 5. The molecule has 3 heterocycles.